The third-order valence-electron chi connectivity index (χ3n) is 4.31. The molecular weight excluding hydrogens is 208 g/mol. The van der Waals surface area contributed by atoms with Crippen molar-refractivity contribution in [3.63, 3.8) is 0 Å². The molecular formula is C16H30O. The van der Waals surface area contributed by atoms with Gasteiger partial charge in [-0.1, -0.05) is 45.8 Å². The smallest absolute Gasteiger partial charge is 0.0639 e. The molecule has 1 N–H and O–H groups in total. The third-order valence-corrected chi connectivity index (χ3v) is 4.31. The first-order valence-corrected chi connectivity index (χ1v) is 7.17. The van der Waals surface area contributed by atoms with Gasteiger partial charge in [-0.3, -0.25) is 0 Å². The van der Waals surface area contributed by atoms with Crippen molar-refractivity contribution >= 4 is 0 Å². The van der Waals surface area contributed by atoms with E-state index >= 15 is 0 Å². The van der Waals surface area contributed by atoms with Gasteiger partial charge in [0.2, 0.25) is 0 Å². The minimum atomic E-state index is 0.213. The second-order valence-corrected chi connectivity index (χ2v) is 6.84. The van der Waals surface area contributed by atoms with Gasteiger partial charge in [0.15, 0.2) is 0 Å². The summed E-state index contributed by atoms with van der Waals surface area (Å²) in [5, 5.41) is 9.19. The van der Waals surface area contributed by atoms with Crippen LogP contribution in [0.5, 0.6) is 0 Å². The van der Waals surface area contributed by atoms with Crippen LogP contribution < -0.4 is 0 Å². The average Bonchev–Trinajstić information content (AvgIpc) is 2.51. The van der Waals surface area contributed by atoms with Crippen molar-refractivity contribution in [1.82, 2.24) is 0 Å². The normalized spacial score (nSPS) is 30.6. The Labute approximate surface area is 107 Å². The van der Waals surface area contributed by atoms with E-state index in [0.29, 0.717) is 11.3 Å². The Morgan fingerprint density at radius 2 is 2.06 bits per heavy atom. The lowest BCUT2D eigenvalue weighted by Gasteiger charge is -2.25. The van der Waals surface area contributed by atoms with Crippen LogP contribution in [0.3, 0.4) is 0 Å². The summed E-state index contributed by atoms with van der Waals surface area (Å²) in [4.78, 5) is 0. The van der Waals surface area contributed by atoms with Crippen molar-refractivity contribution in [1.29, 1.82) is 0 Å². The summed E-state index contributed by atoms with van der Waals surface area (Å²) < 4.78 is 0. The maximum Gasteiger partial charge on any atom is 0.0639 e. The molecule has 0 heterocycles. The fourth-order valence-corrected chi connectivity index (χ4v) is 3.69. The zero-order chi connectivity index (χ0) is 13.1. The first-order valence-electron chi connectivity index (χ1n) is 7.17. The molecule has 0 aromatic heterocycles. The Bertz CT molecular complexity index is 265. The predicted octanol–water partition coefficient (Wildman–Crippen LogP) is 4.41. The summed E-state index contributed by atoms with van der Waals surface area (Å²) in [7, 11) is 0. The fraction of sp³-hybridized carbons (Fsp3) is 0.875. The van der Waals surface area contributed by atoms with Crippen molar-refractivity contribution < 1.29 is 5.11 Å². The second kappa shape index (κ2) is 6.04. The van der Waals surface area contributed by atoms with Gasteiger partial charge in [-0.25, -0.2) is 0 Å². The highest BCUT2D eigenvalue weighted by Crippen LogP contribution is 2.49. The predicted molar refractivity (Wildman–Crippen MR) is 74.9 cm³/mol. The van der Waals surface area contributed by atoms with Crippen LogP contribution in [-0.2, 0) is 0 Å². The van der Waals surface area contributed by atoms with Gasteiger partial charge in [-0.05, 0) is 49.4 Å². The van der Waals surface area contributed by atoms with Crippen LogP contribution in [0.1, 0.15) is 60.3 Å². The number of allylic oxidation sites excluding steroid dienone is 1. The summed E-state index contributed by atoms with van der Waals surface area (Å²) in [5.41, 5.74) is 1.65. The van der Waals surface area contributed by atoms with Gasteiger partial charge in [0.25, 0.3) is 0 Å². The van der Waals surface area contributed by atoms with Crippen LogP contribution in [-0.4, -0.2) is 11.7 Å². The van der Waals surface area contributed by atoms with E-state index in [0.717, 1.165) is 17.4 Å². The Balaban J connectivity index is 2.77. The van der Waals surface area contributed by atoms with Gasteiger partial charge in [0.05, 0.1) is 6.61 Å². The second-order valence-electron chi connectivity index (χ2n) is 6.84. The first-order chi connectivity index (χ1) is 7.89. The maximum atomic E-state index is 9.19. The minimum absolute atomic E-state index is 0.213. The SMILES string of the molecule is CCCC(C=C(C)CO)C1CC(C)(C)CC1C. The molecule has 0 aromatic rings. The van der Waals surface area contributed by atoms with Gasteiger partial charge >= 0.3 is 0 Å². The van der Waals surface area contributed by atoms with E-state index in [-0.39, 0.29) is 6.61 Å². The molecule has 1 saturated carbocycles. The number of aliphatic hydroxyl groups is 1. The standard InChI is InChI=1S/C16H30O/c1-6-7-14(8-12(2)11-17)15-10-16(4,5)9-13(15)3/h8,13-15,17H,6-7,9-11H2,1-5H3. The van der Waals surface area contributed by atoms with Gasteiger partial charge in [-0.2, -0.15) is 0 Å². The summed E-state index contributed by atoms with van der Waals surface area (Å²) in [5.74, 6) is 2.31. The number of rotatable bonds is 5. The molecule has 0 radical (unpaired) electrons. The van der Waals surface area contributed by atoms with E-state index in [1.807, 2.05) is 6.92 Å². The van der Waals surface area contributed by atoms with E-state index in [4.69, 9.17) is 0 Å². The molecule has 0 bridgehead atoms. The molecule has 17 heavy (non-hydrogen) atoms. The largest absolute Gasteiger partial charge is 0.392 e. The molecule has 1 fully saturated rings. The molecule has 0 saturated heterocycles. The van der Waals surface area contributed by atoms with Gasteiger partial charge in [0.1, 0.15) is 0 Å². The molecule has 0 amide bonds. The summed E-state index contributed by atoms with van der Waals surface area (Å²) in [6, 6.07) is 0. The zero-order valence-electron chi connectivity index (χ0n) is 12.3. The lowest BCUT2D eigenvalue weighted by Crippen LogP contribution is -2.16. The molecule has 0 aliphatic heterocycles. The van der Waals surface area contributed by atoms with Gasteiger partial charge in [0, 0.05) is 0 Å². The Hall–Kier alpha value is -0.300. The first kappa shape index (κ1) is 14.8. The maximum absolute atomic E-state index is 9.19. The fourth-order valence-electron chi connectivity index (χ4n) is 3.69. The Morgan fingerprint density at radius 1 is 1.41 bits per heavy atom. The topological polar surface area (TPSA) is 20.2 Å². The van der Waals surface area contributed by atoms with E-state index in [1.54, 1.807) is 0 Å². The molecule has 1 rings (SSSR count). The quantitative estimate of drug-likeness (QED) is 0.703. The lowest BCUT2D eigenvalue weighted by atomic mass is 9.80. The molecule has 1 aliphatic rings. The molecule has 3 atom stereocenters. The average molecular weight is 238 g/mol. The number of hydrogen-bond acceptors (Lipinski definition) is 1. The summed E-state index contributed by atoms with van der Waals surface area (Å²) >= 11 is 0. The molecule has 0 aromatic carbocycles. The molecule has 100 valence electrons. The summed E-state index contributed by atoms with van der Waals surface area (Å²) in [6.45, 7) is 11.7. The molecule has 1 aliphatic carbocycles. The van der Waals surface area contributed by atoms with Crippen LogP contribution in [0, 0.1) is 23.2 Å². The number of hydrogen-bond donors (Lipinski definition) is 1. The highest BCUT2D eigenvalue weighted by atomic mass is 16.3. The monoisotopic (exact) mass is 238 g/mol. The van der Waals surface area contributed by atoms with Crippen molar-refractivity contribution in [2.45, 2.75) is 60.3 Å². The molecule has 3 unspecified atom stereocenters. The lowest BCUT2D eigenvalue weighted by molar-refractivity contribution is 0.288. The summed E-state index contributed by atoms with van der Waals surface area (Å²) in [6.07, 6.45) is 7.54. The van der Waals surface area contributed by atoms with Crippen LogP contribution in [0.25, 0.3) is 0 Å². The van der Waals surface area contributed by atoms with E-state index in [1.165, 1.54) is 25.7 Å². The van der Waals surface area contributed by atoms with Gasteiger partial charge < -0.3 is 5.11 Å². The zero-order valence-corrected chi connectivity index (χ0v) is 12.3. The molecule has 1 heteroatoms. The van der Waals surface area contributed by atoms with E-state index in [9.17, 15) is 5.11 Å². The van der Waals surface area contributed by atoms with Gasteiger partial charge in [-0.15, -0.1) is 0 Å². The van der Waals surface area contributed by atoms with E-state index < -0.39 is 0 Å². The highest BCUT2D eigenvalue weighted by molar-refractivity contribution is 5.05. The van der Waals surface area contributed by atoms with E-state index in [2.05, 4.69) is 33.8 Å². The van der Waals surface area contributed by atoms with Crippen LogP contribution in [0.2, 0.25) is 0 Å². The van der Waals surface area contributed by atoms with Crippen LogP contribution in [0.4, 0.5) is 0 Å². The van der Waals surface area contributed by atoms with Crippen LogP contribution >= 0.6 is 0 Å². The molecule has 1 nitrogen and oxygen atoms in total. The minimum Gasteiger partial charge on any atom is -0.392 e. The van der Waals surface area contributed by atoms with Crippen molar-refractivity contribution in [3.8, 4) is 0 Å². The number of aliphatic hydroxyl groups excluding tert-OH is 1. The Morgan fingerprint density at radius 3 is 2.47 bits per heavy atom. The Kier molecular flexibility index (Phi) is 5.24. The van der Waals surface area contributed by atoms with Crippen LogP contribution in [0.15, 0.2) is 11.6 Å². The highest BCUT2D eigenvalue weighted by Gasteiger charge is 2.39. The third kappa shape index (κ3) is 4.13. The van der Waals surface area contributed by atoms with Crippen molar-refractivity contribution in [2.75, 3.05) is 6.61 Å². The molecule has 0 spiro atoms. The van der Waals surface area contributed by atoms with Crippen molar-refractivity contribution in [3.05, 3.63) is 11.6 Å². The van der Waals surface area contributed by atoms with Crippen molar-refractivity contribution in [2.24, 2.45) is 23.2 Å².